The molecule has 6 heteroatoms. The van der Waals surface area contributed by atoms with Crippen molar-refractivity contribution >= 4 is 17.9 Å². The van der Waals surface area contributed by atoms with Crippen LogP contribution in [0, 0.1) is 0 Å². The van der Waals surface area contributed by atoms with Crippen LogP contribution in [0.1, 0.15) is 303 Å². The summed E-state index contributed by atoms with van der Waals surface area (Å²) in [6.45, 7) is 6.53. The minimum Gasteiger partial charge on any atom is -0.462 e. The van der Waals surface area contributed by atoms with Gasteiger partial charge in [0.25, 0.3) is 0 Å². The second-order valence-electron chi connectivity index (χ2n) is 20.6. The van der Waals surface area contributed by atoms with Gasteiger partial charge in [0, 0.05) is 19.3 Å². The molecule has 0 saturated carbocycles. The maximum absolute atomic E-state index is 12.8. The lowest BCUT2D eigenvalue weighted by molar-refractivity contribution is -0.167. The van der Waals surface area contributed by atoms with Crippen molar-refractivity contribution in [3.05, 3.63) is 85.1 Å². The standard InChI is InChI=1S/C67H116O6/c1-4-7-10-13-16-19-22-23-24-25-26-27-28-29-30-31-32-33-34-35-36-37-38-39-40-41-42-43-46-48-51-54-57-60-66(69)72-63-64(73-67(70)61-58-55-52-49-45-21-18-15-12-9-6-3)62-71-65(68)59-56-53-50-47-44-20-17-14-11-8-5-2/h7,10,16,19,23-24,26-27,29-30,32-33,35-36,64H,4-6,8-9,11-15,17-18,20-22,25,28,31,34,37-63H2,1-3H3/b10-7-,19-16-,24-23-,27-26-,30-29-,33-32-,36-35-. The van der Waals surface area contributed by atoms with E-state index in [0.717, 1.165) is 103 Å². The molecule has 0 aliphatic carbocycles. The lowest BCUT2D eigenvalue weighted by atomic mass is 10.0. The van der Waals surface area contributed by atoms with E-state index < -0.39 is 6.10 Å². The highest BCUT2D eigenvalue weighted by Gasteiger charge is 2.19. The van der Waals surface area contributed by atoms with E-state index in [1.165, 1.54) is 161 Å². The van der Waals surface area contributed by atoms with Gasteiger partial charge in [-0.1, -0.05) is 292 Å². The Morgan fingerprint density at radius 3 is 0.836 bits per heavy atom. The molecular formula is C67H116O6. The second-order valence-corrected chi connectivity index (χ2v) is 20.6. The van der Waals surface area contributed by atoms with E-state index in [-0.39, 0.29) is 31.1 Å². The van der Waals surface area contributed by atoms with E-state index >= 15 is 0 Å². The minimum absolute atomic E-state index is 0.0716. The minimum atomic E-state index is -0.771. The zero-order valence-electron chi connectivity index (χ0n) is 48.1. The van der Waals surface area contributed by atoms with Gasteiger partial charge in [0.1, 0.15) is 13.2 Å². The Labute approximate surface area is 452 Å². The first kappa shape index (κ1) is 69.6. The highest BCUT2D eigenvalue weighted by Crippen LogP contribution is 2.16. The molecule has 0 saturated heterocycles. The number of unbranched alkanes of at least 4 members (excludes halogenated alkanes) is 31. The predicted molar refractivity (Wildman–Crippen MR) is 316 cm³/mol. The van der Waals surface area contributed by atoms with E-state index in [9.17, 15) is 14.4 Å². The van der Waals surface area contributed by atoms with Crippen LogP contribution < -0.4 is 0 Å². The van der Waals surface area contributed by atoms with Gasteiger partial charge in [-0.2, -0.15) is 0 Å². The molecule has 1 unspecified atom stereocenters. The van der Waals surface area contributed by atoms with Crippen molar-refractivity contribution in [1.29, 1.82) is 0 Å². The first-order valence-corrected chi connectivity index (χ1v) is 31.1. The van der Waals surface area contributed by atoms with Crippen LogP contribution in [-0.2, 0) is 28.6 Å². The molecule has 420 valence electrons. The van der Waals surface area contributed by atoms with Crippen molar-refractivity contribution in [2.24, 2.45) is 0 Å². The smallest absolute Gasteiger partial charge is 0.306 e. The van der Waals surface area contributed by atoms with Crippen molar-refractivity contribution in [1.82, 2.24) is 0 Å². The average molecular weight is 1020 g/mol. The molecule has 0 radical (unpaired) electrons. The molecule has 0 heterocycles. The quantitative estimate of drug-likeness (QED) is 0.0261. The summed E-state index contributed by atoms with van der Waals surface area (Å²) >= 11 is 0. The van der Waals surface area contributed by atoms with Gasteiger partial charge in [0.15, 0.2) is 6.10 Å². The van der Waals surface area contributed by atoms with Crippen molar-refractivity contribution in [2.45, 2.75) is 309 Å². The molecule has 73 heavy (non-hydrogen) atoms. The van der Waals surface area contributed by atoms with Crippen molar-refractivity contribution in [3.63, 3.8) is 0 Å². The van der Waals surface area contributed by atoms with Crippen LogP contribution in [0.3, 0.4) is 0 Å². The maximum Gasteiger partial charge on any atom is 0.306 e. The van der Waals surface area contributed by atoms with Gasteiger partial charge in [-0.25, -0.2) is 0 Å². The fourth-order valence-electron chi connectivity index (χ4n) is 8.78. The van der Waals surface area contributed by atoms with E-state index in [0.29, 0.717) is 19.3 Å². The first-order valence-electron chi connectivity index (χ1n) is 31.1. The molecule has 0 aromatic carbocycles. The molecule has 6 nitrogen and oxygen atoms in total. The Hall–Kier alpha value is -3.41. The zero-order valence-corrected chi connectivity index (χ0v) is 48.1. The van der Waals surface area contributed by atoms with Gasteiger partial charge >= 0.3 is 17.9 Å². The number of allylic oxidation sites excluding steroid dienone is 14. The summed E-state index contributed by atoms with van der Waals surface area (Å²) in [5, 5.41) is 0. The predicted octanol–water partition coefficient (Wildman–Crippen LogP) is 21.1. The zero-order chi connectivity index (χ0) is 52.9. The largest absolute Gasteiger partial charge is 0.462 e. The normalized spacial score (nSPS) is 12.6. The average Bonchev–Trinajstić information content (AvgIpc) is 3.39. The fraction of sp³-hybridized carbons (Fsp3) is 0.746. The maximum atomic E-state index is 12.8. The Kier molecular flexibility index (Phi) is 58.3. The summed E-state index contributed by atoms with van der Waals surface area (Å²) in [6.07, 6.45) is 80.3. The van der Waals surface area contributed by atoms with Gasteiger partial charge in [-0.05, 0) is 77.0 Å². The van der Waals surface area contributed by atoms with E-state index in [2.05, 4.69) is 106 Å². The highest BCUT2D eigenvalue weighted by molar-refractivity contribution is 5.71. The molecule has 0 amide bonds. The van der Waals surface area contributed by atoms with Gasteiger partial charge in [0.05, 0.1) is 0 Å². The third-order valence-electron chi connectivity index (χ3n) is 13.4. The number of esters is 3. The molecule has 0 aromatic heterocycles. The van der Waals surface area contributed by atoms with Gasteiger partial charge in [-0.3, -0.25) is 14.4 Å². The number of carbonyl (C=O) groups excluding carboxylic acids is 3. The Morgan fingerprint density at radius 1 is 0.288 bits per heavy atom. The second kappa shape index (κ2) is 61.1. The molecule has 0 spiro atoms. The summed E-state index contributed by atoms with van der Waals surface area (Å²) in [5.74, 6) is -0.866. The highest BCUT2D eigenvalue weighted by atomic mass is 16.6. The van der Waals surface area contributed by atoms with Gasteiger partial charge in [-0.15, -0.1) is 0 Å². The van der Waals surface area contributed by atoms with Crippen LogP contribution in [-0.4, -0.2) is 37.2 Å². The van der Waals surface area contributed by atoms with E-state index in [1.54, 1.807) is 0 Å². The van der Waals surface area contributed by atoms with Crippen molar-refractivity contribution in [2.75, 3.05) is 13.2 Å². The fourth-order valence-corrected chi connectivity index (χ4v) is 8.78. The van der Waals surface area contributed by atoms with Crippen LogP contribution in [0.4, 0.5) is 0 Å². The van der Waals surface area contributed by atoms with E-state index in [4.69, 9.17) is 14.2 Å². The number of hydrogen-bond acceptors (Lipinski definition) is 6. The topological polar surface area (TPSA) is 78.9 Å². The Balaban J connectivity index is 4.11. The number of carbonyl (C=O) groups is 3. The molecule has 0 aliphatic rings. The van der Waals surface area contributed by atoms with Crippen LogP contribution in [0.15, 0.2) is 85.1 Å². The molecule has 0 aromatic rings. The molecular weight excluding hydrogens is 901 g/mol. The summed E-state index contributed by atoms with van der Waals surface area (Å²) < 4.78 is 16.8. The van der Waals surface area contributed by atoms with E-state index in [1.807, 2.05) is 0 Å². The summed E-state index contributed by atoms with van der Waals surface area (Å²) in [7, 11) is 0. The lowest BCUT2D eigenvalue weighted by Gasteiger charge is -2.18. The first-order chi connectivity index (χ1) is 36.0. The molecule has 0 rings (SSSR count). The SMILES string of the molecule is CC/C=C\C/C=C\C/C=C\C/C=C\C/C=C\C/C=C\C/C=C\CCCCCCCCCCCCCC(=O)OCC(COC(=O)CCCCCCCCCCCCC)OC(=O)CCCCCCCCCCCCC. The third-order valence-corrected chi connectivity index (χ3v) is 13.4. The summed E-state index contributed by atoms with van der Waals surface area (Å²) in [4.78, 5) is 38.1. The van der Waals surface area contributed by atoms with Crippen LogP contribution in [0.25, 0.3) is 0 Å². The molecule has 0 bridgehead atoms. The summed E-state index contributed by atoms with van der Waals surface area (Å²) in [5.41, 5.74) is 0. The number of rotatable bonds is 56. The number of ether oxygens (including phenoxy) is 3. The molecule has 1 atom stereocenters. The third kappa shape index (κ3) is 59.3. The monoisotopic (exact) mass is 1020 g/mol. The van der Waals surface area contributed by atoms with Crippen LogP contribution in [0.5, 0.6) is 0 Å². The lowest BCUT2D eigenvalue weighted by Crippen LogP contribution is -2.30. The Morgan fingerprint density at radius 2 is 0.534 bits per heavy atom. The Bertz CT molecular complexity index is 1400. The van der Waals surface area contributed by atoms with Crippen molar-refractivity contribution < 1.29 is 28.6 Å². The van der Waals surface area contributed by atoms with Crippen molar-refractivity contribution in [3.8, 4) is 0 Å². The molecule has 0 N–H and O–H groups in total. The van der Waals surface area contributed by atoms with Crippen LogP contribution in [0.2, 0.25) is 0 Å². The molecule has 0 aliphatic heterocycles. The summed E-state index contributed by atoms with van der Waals surface area (Å²) in [6, 6.07) is 0. The number of hydrogen-bond donors (Lipinski definition) is 0. The van der Waals surface area contributed by atoms with Crippen LogP contribution >= 0.6 is 0 Å². The van der Waals surface area contributed by atoms with Gasteiger partial charge in [0.2, 0.25) is 0 Å². The molecule has 0 fully saturated rings. The van der Waals surface area contributed by atoms with Gasteiger partial charge < -0.3 is 14.2 Å².